The number of benzene rings is 1. The monoisotopic (exact) mass is 265 g/mol. The highest BCUT2D eigenvalue weighted by Gasteiger charge is 2.18. The number of halogens is 1. The standard InChI is InChI=1S/C15H24FN3/c1-13(10-17)11-18-5-7-19(8-6-18)12-14-3-2-4-15(16)9-14/h2-4,9,13H,5-8,10-12,17H2,1H3. The Balaban J connectivity index is 1.77. The van der Waals surface area contributed by atoms with Crippen molar-refractivity contribution in [3.05, 3.63) is 35.6 Å². The second-order valence-electron chi connectivity index (χ2n) is 5.55. The first-order valence-corrected chi connectivity index (χ1v) is 7.06. The summed E-state index contributed by atoms with van der Waals surface area (Å²) in [6.07, 6.45) is 0. The first-order chi connectivity index (χ1) is 9.17. The van der Waals surface area contributed by atoms with E-state index in [9.17, 15) is 4.39 Å². The SMILES string of the molecule is CC(CN)CN1CCN(Cc2cccc(F)c2)CC1. The largest absolute Gasteiger partial charge is 0.330 e. The van der Waals surface area contributed by atoms with Crippen LogP contribution in [0, 0.1) is 11.7 Å². The molecule has 1 atom stereocenters. The molecule has 1 unspecified atom stereocenters. The molecule has 0 radical (unpaired) electrons. The van der Waals surface area contributed by atoms with Crippen molar-refractivity contribution in [2.24, 2.45) is 11.7 Å². The minimum Gasteiger partial charge on any atom is -0.330 e. The van der Waals surface area contributed by atoms with Gasteiger partial charge in [-0.2, -0.15) is 0 Å². The summed E-state index contributed by atoms with van der Waals surface area (Å²) in [5.74, 6) is 0.419. The van der Waals surface area contributed by atoms with Crippen LogP contribution in [0.4, 0.5) is 4.39 Å². The van der Waals surface area contributed by atoms with Crippen molar-refractivity contribution in [3.63, 3.8) is 0 Å². The lowest BCUT2D eigenvalue weighted by atomic mass is 10.1. The van der Waals surface area contributed by atoms with Gasteiger partial charge in [-0.3, -0.25) is 4.90 Å². The number of nitrogens with two attached hydrogens (primary N) is 1. The Bertz CT molecular complexity index is 389. The summed E-state index contributed by atoms with van der Waals surface area (Å²) >= 11 is 0. The van der Waals surface area contributed by atoms with Crippen molar-refractivity contribution < 1.29 is 4.39 Å². The number of nitrogens with zero attached hydrogens (tertiary/aromatic N) is 2. The number of hydrogen-bond acceptors (Lipinski definition) is 3. The van der Waals surface area contributed by atoms with Gasteiger partial charge in [0.05, 0.1) is 0 Å². The molecule has 3 nitrogen and oxygen atoms in total. The average molecular weight is 265 g/mol. The highest BCUT2D eigenvalue weighted by atomic mass is 19.1. The Kier molecular flexibility index (Phi) is 5.31. The Labute approximate surface area is 115 Å². The third-order valence-electron chi connectivity index (χ3n) is 3.73. The fraction of sp³-hybridized carbons (Fsp3) is 0.600. The second-order valence-corrected chi connectivity index (χ2v) is 5.55. The maximum atomic E-state index is 13.1. The molecule has 0 amide bonds. The van der Waals surface area contributed by atoms with E-state index in [1.165, 1.54) is 6.07 Å². The van der Waals surface area contributed by atoms with Crippen LogP contribution in [0.3, 0.4) is 0 Å². The highest BCUT2D eigenvalue weighted by molar-refractivity contribution is 5.16. The van der Waals surface area contributed by atoms with Crippen LogP contribution in [-0.2, 0) is 6.54 Å². The van der Waals surface area contributed by atoms with Crippen molar-refractivity contribution in [2.75, 3.05) is 39.3 Å². The predicted octanol–water partition coefficient (Wildman–Crippen LogP) is 1.54. The summed E-state index contributed by atoms with van der Waals surface area (Å²) in [5.41, 5.74) is 6.72. The first-order valence-electron chi connectivity index (χ1n) is 7.06. The summed E-state index contributed by atoms with van der Waals surface area (Å²) in [6.45, 7) is 9.14. The van der Waals surface area contributed by atoms with Gasteiger partial charge in [-0.15, -0.1) is 0 Å². The lowest BCUT2D eigenvalue weighted by Crippen LogP contribution is -2.47. The molecule has 1 saturated heterocycles. The minimum absolute atomic E-state index is 0.145. The van der Waals surface area contributed by atoms with Crippen LogP contribution < -0.4 is 5.73 Å². The Hall–Kier alpha value is -0.970. The molecular weight excluding hydrogens is 241 g/mol. The Morgan fingerprint density at radius 3 is 2.53 bits per heavy atom. The molecule has 1 heterocycles. The highest BCUT2D eigenvalue weighted by Crippen LogP contribution is 2.11. The molecule has 2 rings (SSSR count). The third kappa shape index (κ3) is 4.56. The van der Waals surface area contributed by atoms with Gasteiger partial charge in [0.15, 0.2) is 0 Å². The molecule has 0 bridgehead atoms. The molecule has 19 heavy (non-hydrogen) atoms. The minimum atomic E-state index is -0.145. The summed E-state index contributed by atoms with van der Waals surface area (Å²) in [4.78, 5) is 4.86. The normalized spacial score (nSPS) is 19.5. The molecule has 2 N–H and O–H groups in total. The molecular formula is C15H24FN3. The quantitative estimate of drug-likeness (QED) is 0.876. The van der Waals surface area contributed by atoms with Crippen LogP contribution in [0.25, 0.3) is 0 Å². The van der Waals surface area contributed by atoms with E-state index in [4.69, 9.17) is 5.73 Å². The van der Waals surface area contributed by atoms with Crippen LogP contribution in [0.15, 0.2) is 24.3 Å². The molecule has 1 aliphatic heterocycles. The molecule has 1 aromatic rings. The second kappa shape index (κ2) is 6.98. The number of hydrogen-bond donors (Lipinski definition) is 1. The first kappa shape index (κ1) is 14.4. The van der Waals surface area contributed by atoms with Gasteiger partial charge in [0.25, 0.3) is 0 Å². The molecule has 0 aromatic heterocycles. The van der Waals surface area contributed by atoms with Crippen molar-refractivity contribution in [3.8, 4) is 0 Å². The molecule has 0 aliphatic carbocycles. The lowest BCUT2D eigenvalue weighted by molar-refractivity contribution is 0.116. The predicted molar refractivity (Wildman–Crippen MR) is 76.3 cm³/mol. The fourth-order valence-electron chi connectivity index (χ4n) is 2.54. The van der Waals surface area contributed by atoms with Gasteiger partial charge in [-0.05, 0) is 30.2 Å². The van der Waals surface area contributed by atoms with Gasteiger partial charge in [0, 0.05) is 39.3 Å². The molecule has 0 saturated carbocycles. The number of rotatable bonds is 5. The number of piperazine rings is 1. The van der Waals surface area contributed by atoms with Crippen LogP contribution in [0.2, 0.25) is 0 Å². The molecule has 1 aliphatic rings. The van der Waals surface area contributed by atoms with Crippen LogP contribution in [0.5, 0.6) is 0 Å². The lowest BCUT2D eigenvalue weighted by Gasteiger charge is -2.35. The third-order valence-corrected chi connectivity index (χ3v) is 3.73. The zero-order valence-corrected chi connectivity index (χ0v) is 11.7. The van der Waals surface area contributed by atoms with Crippen molar-refractivity contribution >= 4 is 0 Å². The molecule has 4 heteroatoms. The van der Waals surface area contributed by atoms with E-state index in [1.54, 1.807) is 12.1 Å². The zero-order valence-electron chi connectivity index (χ0n) is 11.7. The van der Waals surface area contributed by atoms with Crippen molar-refractivity contribution in [1.82, 2.24) is 9.80 Å². The van der Waals surface area contributed by atoms with E-state index >= 15 is 0 Å². The molecule has 1 fully saturated rings. The van der Waals surface area contributed by atoms with E-state index in [-0.39, 0.29) is 5.82 Å². The topological polar surface area (TPSA) is 32.5 Å². The van der Waals surface area contributed by atoms with E-state index in [0.29, 0.717) is 5.92 Å². The smallest absolute Gasteiger partial charge is 0.123 e. The van der Waals surface area contributed by atoms with E-state index in [0.717, 1.165) is 51.4 Å². The zero-order chi connectivity index (χ0) is 13.7. The molecule has 106 valence electrons. The van der Waals surface area contributed by atoms with Crippen molar-refractivity contribution in [1.29, 1.82) is 0 Å². The van der Waals surface area contributed by atoms with Crippen LogP contribution in [0.1, 0.15) is 12.5 Å². The van der Waals surface area contributed by atoms with E-state index < -0.39 is 0 Å². The summed E-state index contributed by atoms with van der Waals surface area (Å²) in [6, 6.07) is 6.90. The summed E-state index contributed by atoms with van der Waals surface area (Å²) in [7, 11) is 0. The molecule has 1 aromatic carbocycles. The van der Waals surface area contributed by atoms with Crippen LogP contribution >= 0.6 is 0 Å². The Morgan fingerprint density at radius 2 is 1.89 bits per heavy atom. The van der Waals surface area contributed by atoms with Gasteiger partial charge < -0.3 is 10.6 Å². The molecule has 0 spiro atoms. The average Bonchev–Trinajstić information content (AvgIpc) is 2.41. The van der Waals surface area contributed by atoms with Gasteiger partial charge in [-0.1, -0.05) is 19.1 Å². The van der Waals surface area contributed by atoms with Gasteiger partial charge >= 0.3 is 0 Å². The van der Waals surface area contributed by atoms with Crippen LogP contribution in [-0.4, -0.2) is 49.1 Å². The Morgan fingerprint density at radius 1 is 1.21 bits per heavy atom. The van der Waals surface area contributed by atoms with Gasteiger partial charge in [-0.25, -0.2) is 4.39 Å². The van der Waals surface area contributed by atoms with Crippen molar-refractivity contribution in [2.45, 2.75) is 13.5 Å². The van der Waals surface area contributed by atoms with E-state index in [1.807, 2.05) is 6.07 Å². The fourth-order valence-corrected chi connectivity index (χ4v) is 2.54. The summed E-state index contributed by atoms with van der Waals surface area (Å²) in [5, 5.41) is 0. The van der Waals surface area contributed by atoms with Gasteiger partial charge in [0.2, 0.25) is 0 Å². The summed E-state index contributed by atoms with van der Waals surface area (Å²) < 4.78 is 13.1. The van der Waals surface area contributed by atoms with Gasteiger partial charge in [0.1, 0.15) is 5.82 Å². The maximum Gasteiger partial charge on any atom is 0.123 e. The van der Waals surface area contributed by atoms with E-state index in [2.05, 4.69) is 16.7 Å². The maximum absolute atomic E-state index is 13.1.